The number of hydrogen-bond donors (Lipinski definition) is 2. The van der Waals surface area contributed by atoms with Gasteiger partial charge in [0.25, 0.3) is 5.91 Å². The highest BCUT2D eigenvalue weighted by molar-refractivity contribution is 7.99. The number of aromatic amines is 1. The van der Waals surface area contributed by atoms with Crippen molar-refractivity contribution in [2.24, 2.45) is 0 Å². The lowest BCUT2D eigenvalue weighted by Crippen LogP contribution is -2.32. The standard InChI is InChI=1S/C16H23N5O2S/c1-12(21-8-3-2-4-9-21)13-5-6-14(23-13)16(22)17-7-10-24-15-11-18-20-19-15/h5-6,11-12H,2-4,7-10H2,1H3,(H,17,22)(H,18,19,20). The van der Waals surface area contributed by atoms with Gasteiger partial charge in [-0.2, -0.15) is 10.3 Å². The van der Waals surface area contributed by atoms with Crippen molar-refractivity contribution < 1.29 is 9.21 Å². The summed E-state index contributed by atoms with van der Waals surface area (Å²) < 4.78 is 5.78. The Kier molecular flexibility index (Phi) is 5.92. The predicted molar refractivity (Wildman–Crippen MR) is 92.0 cm³/mol. The van der Waals surface area contributed by atoms with E-state index in [2.05, 4.69) is 32.6 Å². The molecule has 3 rings (SSSR count). The average Bonchev–Trinajstić information content (AvgIpc) is 3.30. The summed E-state index contributed by atoms with van der Waals surface area (Å²) in [6.45, 7) is 4.89. The molecule has 3 heterocycles. The van der Waals surface area contributed by atoms with Crippen LogP contribution in [0.25, 0.3) is 0 Å². The van der Waals surface area contributed by atoms with Crippen molar-refractivity contribution in [3.8, 4) is 0 Å². The molecule has 1 saturated heterocycles. The van der Waals surface area contributed by atoms with Gasteiger partial charge in [0.15, 0.2) is 5.76 Å². The van der Waals surface area contributed by atoms with E-state index in [4.69, 9.17) is 4.42 Å². The Morgan fingerprint density at radius 3 is 3.00 bits per heavy atom. The van der Waals surface area contributed by atoms with E-state index < -0.39 is 0 Å². The molecule has 0 bridgehead atoms. The highest BCUT2D eigenvalue weighted by atomic mass is 32.2. The molecular formula is C16H23N5O2S. The first-order valence-corrected chi connectivity index (χ1v) is 9.33. The third-order valence-corrected chi connectivity index (χ3v) is 5.13. The lowest BCUT2D eigenvalue weighted by molar-refractivity contribution is 0.0919. The van der Waals surface area contributed by atoms with Crippen LogP contribution in [0.3, 0.4) is 0 Å². The van der Waals surface area contributed by atoms with Gasteiger partial charge in [-0.3, -0.25) is 9.69 Å². The molecule has 130 valence electrons. The Balaban J connectivity index is 1.46. The zero-order valence-electron chi connectivity index (χ0n) is 13.8. The summed E-state index contributed by atoms with van der Waals surface area (Å²) in [5.41, 5.74) is 0. The summed E-state index contributed by atoms with van der Waals surface area (Å²) in [4.78, 5) is 14.6. The topological polar surface area (TPSA) is 87.0 Å². The lowest BCUT2D eigenvalue weighted by Gasteiger charge is -2.31. The second-order valence-corrected chi connectivity index (χ2v) is 7.00. The van der Waals surface area contributed by atoms with E-state index in [9.17, 15) is 4.79 Å². The number of likely N-dealkylation sites (tertiary alicyclic amines) is 1. The highest BCUT2D eigenvalue weighted by Crippen LogP contribution is 2.25. The number of carbonyl (C=O) groups is 1. The van der Waals surface area contributed by atoms with Crippen LogP contribution in [0, 0.1) is 0 Å². The van der Waals surface area contributed by atoms with E-state index in [1.54, 1.807) is 12.3 Å². The molecule has 0 saturated carbocycles. The van der Waals surface area contributed by atoms with Crippen LogP contribution in [0.4, 0.5) is 0 Å². The van der Waals surface area contributed by atoms with Gasteiger partial charge in [0.2, 0.25) is 0 Å². The fourth-order valence-electron chi connectivity index (χ4n) is 2.85. The minimum Gasteiger partial charge on any atom is -0.454 e. The van der Waals surface area contributed by atoms with Crippen LogP contribution >= 0.6 is 11.8 Å². The zero-order chi connectivity index (χ0) is 16.8. The number of amides is 1. The third-order valence-electron chi connectivity index (χ3n) is 4.23. The maximum absolute atomic E-state index is 12.2. The molecule has 1 aliphatic rings. The first-order valence-electron chi connectivity index (χ1n) is 8.34. The second-order valence-electron chi connectivity index (χ2n) is 5.89. The summed E-state index contributed by atoms with van der Waals surface area (Å²) in [6.07, 6.45) is 5.44. The van der Waals surface area contributed by atoms with Gasteiger partial charge >= 0.3 is 0 Å². The molecule has 1 aliphatic heterocycles. The third kappa shape index (κ3) is 4.39. The van der Waals surface area contributed by atoms with Crippen molar-refractivity contribution in [3.63, 3.8) is 0 Å². The molecule has 2 aromatic heterocycles. The van der Waals surface area contributed by atoms with Crippen LogP contribution in [-0.4, -0.2) is 51.6 Å². The molecule has 2 N–H and O–H groups in total. The fourth-order valence-corrected chi connectivity index (χ4v) is 3.50. The summed E-state index contributed by atoms with van der Waals surface area (Å²) >= 11 is 1.54. The summed E-state index contributed by atoms with van der Waals surface area (Å²) in [7, 11) is 0. The average molecular weight is 349 g/mol. The van der Waals surface area contributed by atoms with Crippen LogP contribution in [0.15, 0.2) is 27.8 Å². The maximum Gasteiger partial charge on any atom is 0.287 e. The molecule has 2 aromatic rings. The van der Waals surface area contributed by atoms with Crippen LogP contribution < -0.4 is 5.32 Å². The van der Waals surface area contributed by atoms with Crippen molar-refractivity contribution in [2.75, 3.05) is 25.4 Å². The van der Waals surface area contributed by atoms with Crippen LogP contribution in [0.2, 0.25) is 0 Å². The lowest BCUT2D eigenvalue weighted by atomic mass is 10.1. The van der Waals surface area contributed by atoms with Gasteiger partial charge in [0.1, 0.15) is 10.8 Å². The van der Waals surface area contributed by atoms with Gasteiger partial charge in [-0.1, -0.05) is 6.42 Å². The maximum atomic E-state index is 12.2. The van der Waals surface area contributed by atoms with Gasteiger partial charge in [-0.25, -0.2) is 0 Å². The van der Waals surface area contributed by atoms with E-state index in [0.29, 0.717) is 12.3 Å². The SMILES string of the molecule is CC(c1ccc(C(=O)NCCSc2cn[nH]n2)o1)N1CCCCC1. The minimum atomic E-state index is -0.173. The Bertz CT molecular complexity index is 637. The molecule has 0 radical (unpaired) electrons. The van der Waals surface area contributed by atoms with Crippen LogP contribution in [0.1, 0.15) is 48.5 Å². The molecule has 1 fully saturated rings. The normalized spacial score (nSPS) is 16.9. The molecule has 1 atom stereocenters. The molecular weight excluding hydrogens is 326 g/mol. The molecule has 7 nitrogen and oxygen atoms in total. The highest BCUT2D eigenvalue weighted by Gasteiger charge is 2.22. The first kappa shape index (κ1) is 17.0. The smallest absolute Gasteiger partial charge is 0.287 e. The van der Waals surface area contributed by atoms with Crippen molar-refractivity contribution in [1.82, 2.24) is 25.6 Å². The van der Waals surface area contributed by atoms with E-state index in [0.717, 1.165) is 29.6 Å². The monoisotopic (exact) mass is 349 g/mol. The minimum absolute atomic E-state index is 0.173. The summed E-state index contributed by atoms with van der Waals surface area (Å²) in [5, 5.41) is 13.9. The van der Waals surface area contributed by atoms with Crippen LogP contribution in [0.5, 0.6) is 0 Å². The summed E-state index contributed by atoms with van der Waals surface area (Å²) in [5.74, 6) is 1.79. The number of furan rings is 1. The molecule has 8 heteroatoms. The van der Waals surface area contributed by atoms with Crippen molar-refractivity contribution >= 4 is 17.7 Å². The number of carbonyl (C=O) groups excluding carboxylic acids is 1. The number of aromatic nitrogens is 3. The molecule has 24 heavy (non-hydrogen) atoms. The van der Waals surface area contributed by atoms with Gasteiger partial charge in [0, 0.05) is 12.3 Å². The molecule has 0 aliphatic carbocycles. The summed E-state index contributed by atoms with van der Waals surface area (Å²) in [6, 6.07) is 3.89. The number of nitrogens with zero attached hydrogens (tertiary/aromatic N) is 3. The number of piperidine rings is 1. The van der Waals surface area contributed by atoms with Gasteiger partial charge in [-0.05, 0) is 45.0 Å². The number of nitrogens with one attached hydrogen (secondary N) is 2. The van der Waals surface area contributed by atoms with Crippen molar-refractivity contribution in [3.05, 3.63) is 29.9 Å². The van der Waals surface area contributed by atoms with Crippen molar-refractivity contribution in [2.45, 2.75) is 37.3 Å². The molecule has 0 aromatic carbocycles. The predicted octanol–water partition coefficient (Wildman–Crippen LogP) is 2.47. The Hall–Kier alpha value is -1.80. The van der Waals surface area contributed by atoms with E-state index in [1.807, 2.05) is 6.07 Å². The van der Waals surface area contributed by atoms with E-state index in [-0.39, 0.29) is 11.9 Å². The van der Waals surface area contributed by atoms with Crippen LogP contribution in [-0.2, 0) is 0 Å². The number of H-pyrrole nitrogens is 1. The fraction of sp³-hybridized carbons (Fsp3) is 0.562. The first-order chi connectivity index (χ1) is 11.7. The molecule has 1 unspecified atom stereocenters. The van der Waals surface area contributed by atoms with Crippen molar-refractivity contribution in [1.29, 1.82) is 0 Å². The molecule has 1 amide bonds. The van der Waals surface area contributed by atoms with Gasteiger partial charge in [0.05, 0.1) is 12.2 Å². The van der Waals surface area contributed by atoms with Gasteiger partial charge in [-0.15, -0.1) is 16.9 Å². The quantitative estimate of drug-likeness (QED) is 0.590. The number of rotatable bonds is 7. The largest absolute Gasteiger partial charge is 0.454 e. The van der Waals surface area contributed by atoms with Gasteiger partial charge < -0.3 is 9.73 Å². The molecule has 0 spiro atoms. The van der Waals surface area contributed by atoms with E-state index >= 15 is 0 Å². The Labute approximate surface area is 145 Å². The number of hydrogen-bond acceptors (Lipinski definition) is 6. The van der Waals surface area contributed by atoms with E-state index in [1.165, 1.54) is 31.0 Å². The zero-order valence-corrected chi connectivity index (χ0v) is 14.6. The second kappa shape index (κ2) is 8.34. The number of thioether (sulfide) groups is 1. The Morgan fingerprint density at radius 1 is 1.42 bits per heavy atom. The Morgan fingerprint density at radius 2 is 2.25 bits per heavy atom.